The Kier molecular flexibility index (Phi) is 19.0. The molecule has 4 aliphatic rings. The topological polar surface area (TPSA) is 240 Å². The summed E-state index contributed by atoms with van der Waals surface area (Å²) in [5.41, 5.74) is -3.38. The number of ether oxygens (including phenoxy) is 7. The van der Waals surface area contributed by atoms with Crippen LogP contribution in [-0.4, -0.2) is 200 Å². The van der Waals surface area contributed by atoms with Crippen LogP contribution in [0.2, 0.25) is 0 Å². The summed E-state index contributed by atoms with van der Waals surface area (Å²) < 4.78 is 58.9. The number of nitrogens with zero attached hydrogens (tertiary/aromatic N) is 6. The summed E-state index contributed by atoms with van der Waals surface area (Å²) >= 11 is 0. The molecule has 0 radical (unpaired) electrons. The third-order valence-electron chi connectivity index (χ3n) is 15.8. The van der Waals surface area contributed by atoms with E-state index in [-0.39, 0.29) is 38.3 Å². The number of halogens is 1. The summed E-state index contributed by atoms with van der Waals surface area (Å²) in [6.07, 6.45) is -8.17. The van der Waals surface area contributed by atoms with Gasteiger partial charge in [-0.05, 0) is 112 Å². The average molecular weight is 1020 g/mol. The van der Waals surface area contributed by atoms with Gasteiger partial charge in [0, 0.05) is 62.9 Å². The van der Waals surface area contributed by atoms with Gasteiger partial charge in [-0.15, -0.1) is 5.10 Å². The van der Waals surface area contributed by atoms with E-state index < -0.39 is 126 Å². The Bertz CT molecular complexity index is 2090. The Morgan fingerprint density at radius 2 is 1.61 bits per heavy atom. The number of carbonyl (C=O) groups is 2. The second-order valence-corrected chi connectivity index (χ2v) is 22.0. The van der Waals surface area contributed by atoms with Crippen LogP contribution in [0.5, 0.6) is 0 Å². The Hall–Kier alpha value is -3.45. The maximum atomic E-state index is 14.5. The number of hydrogen-bond acceptors (Lipinski definition) is 18. The van der Waals surface area contributed by atoms with E-state index >= 15 is 0 Å². The minimum Gasteiger partial charge on any atom is -0.459 e. The van der Waals surface area contributed by atoms with Crippen LogP contribution in [0, 0.1) is 23.6 Å². The van der Waals surface area contributed by atoms with Gasteiger partial charge in [0.15, 0.2) is 12.6 Å². The van der Waals surface area contributed by atoms with Gasteiger partial charge in [0.2, 0.25) is 0 Å². The van der Waals surface area contributed by atoms with Gasteiger partial charge in [0.05, 0.1) is 60.3 Å². The van der Waals surface area contributed by atoms with E-state index in [0.29, 0.717) is 37.3 Å². The molecule has 1 amide bonds. The first-order valence-electron chi connectivity index (χ1n) is 25.6. The van der Waals surface area contributed by atoms with Crippen molar-refractivity contribution in [3.8, 4) is 0 Å². The molecule has 0 saturated carbocycles. The summed E-state index contributed by atoms with van der Waals surface area (Å²) in [4.78, 5) is 32.5. The van der Waals surface area contributed by atoms with Gasteiger partial charge in [0.1, 0.15) is 41.9 Å². The second kappa shape index (κ2) is 23.6. The number of anilines is 1. The smallest absolute Gasteiger partial charge is 0.414 e. The number of cyclic esters (lactones) is 2. The zero-order chi connectivity index (χ0) is 53.2. The van der Waals surface area contributed by atoms with E-state index in [2.05, 4.69) is 10.3 Å². The van der Waals surface area contributed by atoms with Gasteiger partial charge in [-0.25, -0.2) is 13.9 Å². The van der Waals surface area contributed by atoms with Crippen LogP contribution in [0.3, 0.4) is 0 Å². The molecule has 4 aliphatic heterocycles. The minimum absolute atomic E-state index is 0.0848. The quantitative estimate of drug-likeness (QED) is 0.181. The van der Waals surface area contributed by atoms with Gasteiger partial charge in [-0.2, -0.15) is 0 Å². The summed E-state index contributed by atoms with van der Waals surface area (Å²) in [6.45, 7) is 18.8. The highest BCUT2D eigenvalue weighted by atomic mass is 19.1. The van der Waals surface area contributed by atoms with Crippen molar-refractivity contribution in [3.63, 3.8) is 0 Å². The molecule has 4 saturated heterocycles. The number of likely N-dealkylation sites (N-methyl/N-ethyl adjacent to an activating group) is 2. The van der Waals surface area contributed by atoms with E-state index in [9.17, 15) is 39.5 Å². The lowest BCUT2D eigenvalue weighted by atomic mass is 9.77. The van der Waals surface area contributed by atoms with E-state index in [1.165, 1.54) is 43.2 Å². The van der Waals surface area contributed by atoms with E-state index in [0.717, 1.165) is 0 Å². The standard InChI is InChI=1S/C51H83FN6O14/c1-14-39-51(10,65)43(60)32(6)56(12)24-28(2)22-49(8,64)45(30(4)42(31(5)46(62)70-39)71-40-23-50(9,66-13)44(61)33(7)68-40)72-47-41(59)38(21-29(3)67-47)55(11)20-19-35-25-57(54-53-35)26-37-27-58(48(63)69-37)36-17-15-34(52)16-18-36/h15-18,25,28-33,37-45,47,59-61,64-65H,14,19-24,26-27H2,1-13H3/t28-,29-,30?,31-,32-,33+,37+,38+,39-,40+,41-,42+,43?,44+,45-,47+,49-,50-,51-/m1/s1. The van der Waals surface area contributed by atoms with Crippen molar-refractivity contribution >= 4 is 17.7 Å². The number of carbonyl (C=O) groups excluding carboxylic acids is 2. The number of aliphatic hydroxyl groups is 5. The molecule has 1 aromatic carbocycles. The van der Waals surface area contributed by atoms with Crippen molar-refractivity contribution in [2.45, 2.75) is 204 Å². The van der Waals surface area contributed by atoms with Crippen molar-refractivity contribution in [2.24, 2.45) is 17.8 Å². The number of benzene rings is 1. The van der Waals surface area contributed by atoms with Crippen molar-refractivity contribution in [3.05, 3.63) is 42.0 Å². The van der Waals surface area contributed by atoms with Crippen LogP contribution in [0.1, 0.15) is 101 Å². The lowest BCUT2D eigenvalue weighted by Crippen LogP contribution is -2.61. The highest BCUT2D eigenvalue weighted by Gasteiger charge is 2.53. The van der Waals surface area contributed by atoms with Gasteiger partial charge in [0.25, 0.3) is 0 Å². The number of amides is 1. The fourth-order valence-corrected chi connectivity index (χ4v) is 11.3. The van der Waals surface area contributed by atoms with Crippen LogP contribution >= 0.6 is 0 Å². The molecule has 5 N–H and O–H groups in total. The Morgan fingerprint density at radius 1 is 0.931 bits per heavy atom. The molecule has 5 heterocycles. The molecule has 1 aromatic heterocycles. The summed E-state index contributed by atoms with van der Waals surface area (Å²) in [5, 5.41) is 68.3. The molecule has 4 fully saturated rings. The van der Waals surface area contributed by atoms with Gasteiger partial charge in [-0.3, -0.25) is 9.69 Å². The normalized spacial score (nSPS) is 41.2. The molecule has 19 atom stereocenters. The van der Waals surface area contributed by atoms with Crippen LogP contribution in [-0.2, 0) is 50.9 Å². The molecule has 6 rings (SSSR count). The molecular formula is C51H83FN6O14. The SMILES string of the molecule is CC[C@H]1OC(=O)[C@H](C)[C@@H](O[C@H]2C[C@@](C)(OC)[C@@H](O)[C@H](C)O2)C(C)[C@@H](O[C@@H]2O[C@H](C)C[C@H](N(C)CCc3cn(C[C@H]4CN(c5ccc(F)cc5)C(=O)O4)nn3)[C@H]2O)[C@](C)(O)C[C@@H](C)CN(C)[C@H](C)C(O)[C@]1(C)O. The molecule has 72 heavy (non-hydrogen) atoms. The molecule has 20 nitrogen and oxygen atoms in total. The Morgan fingerprint density at radius 3 is 2.26 bits per heavy atom. The fourth-order valence-electron chi connectivity index (χ4n) is 11.3. The van der Waals surface area contributed by atoms with Crippen molar-refractivity contribution in [2.75, 3.05) is 45.7 Å². The molecular weight excluding hydrogens is 940 g/mol. The monoisotopic (exact) mass is 1020 g/mol. The van der Waals surface area contributed by atoms with Crippen molar-refractivity contribution in [1.29, 1.82) is 0 Å². The van der Waals surface area contributed by atoms with E-state index in [1.807, 2.05) is 37.7 Å². The first-order valence-corrected chi connectivity index (χ1v) is 25.6. The first-order chi connectivity index (χ1) is 33.7. The molecule has 0 bridgehead atoms. The third-order valence-corrected chi connectivity index (χ3v) is 15.8. The average Bonchev–Trinajstić information content (AvgIpc) is 3.94. The minimum atomic E-state index is -1.85. The zero-order valence-corrected chi connectivity index (χ0v) is 44.5. The number of methoxy groups -OCH3 is 1. The van der Waals surface area contributed by atoms with Crippen molar-refractivity contribution in [1.82, 2.24) is 24.8 Å². The predicted molar refractivity (Wildman–Crippen MR) is 261 cm³/mol. The molecule has 2 aromatic rings. The largest absolute Gasteiger partial charge is 0.459 e. The molecule has 0 spiro atoms. The number of rotatable bonds is 13. The van der Waals surface area contributed by atoms with Gasteiger partial charge < -0.3 is 68.5 Å². The zero-order valence-electron chi connectivity index (χ0n) is 44.5. The highest BCUT2D eigenvalue weighted by molar-refractivity contribution is 5.89. The lowest BCUT2D eigenvalue weighted by molar-refractivity contribution is -0.318. The van der Waals surface area contributed by atoms with Crippen LogP contribution in [0.25, 0.3) is 0 Å². The molecule has 0 aliphatic carbocycles. The maximum absolute atomic E-state index is 14.5. The lowest BCUT2D eigenvalue weighted by Gasteiger charge is -2.49. The number of aliphatic hydroxyl groups excluding tert-OH is 3. The molecule has 2 unspecified atom stereocenters. The number of esters is 1. The maximum Gasteiger partial charge on any atom is 0.414 e. The van der Waals surface area contributed by atoms with Crippen LogP contribution in [0.15, 0.2) is 30.5 Å². The van der Waals surface area contributed by atoms with Gasteiger partial charge in [-0.1, -0.05) is 26.0 Å². The fraction of sp³-hybridized carbons (Fsp3) is 0.804. The third kappa shape index (κ3) is 13.1. The molecule has 21 heteroatoms. The van der Waals surface area contributed by atoms with E-state index in [4.69, 9.17) is 33.2 Å². The van der Waals surface area contributed by atoms with Crippen LogP contribution in [0.4, 0.5) is 14.9 Å². The first kappa shape index (κ1) is 57.8. The highest BCUT2D eigenvalue weighted by Crippen LogP contribution is 2.40. The summed E-state index contributed by atoms with van der Waals surface area (Å²) in [5.74, 6) is -3.27. The summed E-state index contributed by atoms with van der Waals surface area (Å²) in [6, 6.07) is 4.56. The Balaban J connectivity index is 1.23. The summed E-state index contributed by atoms with van der Waals surface area (Å²) in [7, 11) is 5.21. The van der Waals surface area contributed by atoms with Crippen molar-refractivity contribution < 1.29 is 72.7 Å². The number of hydrogen-bond donors (Lipinski definition) is 5. The van der Waals surface area contributed by atoms with E-state index in [1.54, 1.807) is 59.3 Å². The van der Waals surface area contributed by atoms with Crippen LogP contribution < -0.4 is 4.90 Å². The second-order valence-electron chi connectivity index (χ2n) is 22.0. The Labute approximate surface area is 423 Å². The van der Waals surface area contributed by atoms with Gasteiger partial charge >= 0.3 is 12.1 Å². The molecule has 408 valence electrons. The predicted octanol–water partition coefficient (Wildman–Crippen LogP) is 3.27. The number of aromatic nitrogens is 3.